The van der Waals surface area contributed by atoms with Crippen molar-refractivity contribution in [3.05, 3.63) is 23.8 Å². The predicted octanol–water partition coefficient (Wildman–Crippen LogP) is 2.68. The Morgan fingerprint density at radius 1 is 1.33 bits per heavy atom. The number of phenols is 1. The minimum atomic E-state index is -0.446. The molecule has 1 saturated carbocycles. The normalized spacial score (nSPS) is 20.4. The molecule has 0 amide bonds. The summed E-state index contributed by atoms with van der Waals surface area (Å²) in [5, 5.41) is 16.9. The van der Waals surface area contributed by atoms with E-state index in [4.69, 9.17) is 4.74 Å². The van der Waals surface area contributed by atoms with Crippen molar-refractivity contribution in [2.45, 2.75) is 38.6 Å². The van der Waals surface area contributed by atoms with E-state index in [1.165, 1.54) is 38.5 Å². The van der Waals surface area contributed by atoms with Crippen LogP contribution in [0.4, 0.5) is 5.69 Å². The van der Waals surface area contributed by atoms with Crippen LogP contribution in [0.3, 0.4) is 0 Å². The van der Waals surface area contributed by atoms with Gasteiger partial charge in [-0.2, -0.15) is 0 Å². The van der Waals surface area contributed by atoms with Gasteiger partial charge in [0.25, 0.3) is 0 Å². The first kappa shape index (κ1) is 21.0. The van der Waals surface area contributed by atoms with Crippen LogP contribution in [0.2, 0.25) is 0 Å². The summed E-state index contributed by atoms with van der Waals surface area (Å²) in [6, 6.07) is 4.94. The first-order valence-corrected chi connectivity index (χ1v) is 9.54. The molecule has 2 rings (SSSR count). The second kappa shape index (κ2) is 10.2. The highest BCUT2D eigenvalue weighted by atomic mass is 16.5. The number of hydrogen-bond acceptors (Lipinski definition) is 5. The maximum Gasteiger partial charge on any atom is 0.337 e. The van der Waals surface area contributed by atoms with Gasteiger partial charge in [-0.05, 0) is 51.1 Å². The number of rotatable bonds is 6. The number of aromatic hydroxyl groups is 1. The summed E-state index contributed by atoms with van der Waals surface area (Å²) in [5.41, 5.74) is 0.800. The smallest absolute Gasteiger partial charge is 0.337 e. The van der Waals surface area contributed by atoms with Gasteiger partial charge < -0.3 is 25.4 Å². The summed E-state index contributed by atoms with van der Waals surface area (Å²) in [6.07, 6.45) is 4.77. The molecule has 2 unspecified atom stereocenters. The van der Waals surface area contributed by atoms with E-state index in [1.807, 2.05) is 14.1 Å². The Morgan fingerprint density at radius 3 is 2.74 bits per heavy atom. The Hall–Kier alpha value is -2.28. The molecule has 1 aliphatic rings. The van der Waals surface area contributed by atoms with Gasteiger partial charge in [-0.15, -0.1) is 0 Å². The van der Waals surface area contributed by atoms with Crippen LogP contribution in [0.5, 0.6) is 5.75 Å². The SMILES string of the molecule is COC(=O)c1ccc(O)c(NC(=NCCN(C)C)NC2CCCCC2C)c1. The number of methoxy groups -OCH3 is 1. The topological polar surface area (TPSA) is 86.2 Å². The molecule has 1 aromatic rings. The first-order chi connectivity index (χ1) is 12.9. The van der Waals surface area contributed by atoms with E-state index >= 15 is 0 Å². The highest BCUT2D eigenvalue weighted by molar-refractivity contribution is 5.97. The van der Waals surface area contributed by atoms with E-state index in [9.17, 15) is 9.90 Å². The molecule has 2 atom stereocenters. The molecule has 7 heteroatoms. The summed E-state index contributed by atoms with van der Waals surface area (Å²) < 4.78 is 4.76. The van der Waals surface area contributed by atoms with Crippen LogP contribution in [0.15, 0.2) is 23.2 Å². The van der Waals surface area contributed by atoms with Gasteiger partial charge in [-0.1, -0.05) is 19.8 Å². The number of likely N-dealkylation sites (N-methyl/N-ethyl adjacent to an activating group) is 1. The molecular formula is C20H32N4O3. The molecule has 7 nitrogen and oxygen atoms in total. The fraction of sp³-hybridized carbons (Fsp3) is 0.600. The van der Waals surface area contributed by atoms with Crippen LogP contribution in [-0.4, -0.2) is 62.3 Å². The van der Waals surface area contributed by atoms with Crippen LogP contribution in [0.25, 0.3) is 0 Å². The van der Waals surface area contributed by atoms with E-state index in [2.05, 4.69) is 27.4 Å². The second-order valence-electron chi connectivity index (χ2n) is 7.39. The Labute approximate surface area is 161 Å². The molecule has 0 bridgehead atoms. The van der Waals surface area contributed by atoms with E-state index in [1.54, 1.807) is 6.07 Å². The van der Waals surface area contributed by atoms with Gasteiger partial charge >= 0.3 is 5.97 Å². The van der Waals surface area contributed by atoms with Gasteiger partial charge in [0, 0.05) is 12.6 Å². The Kier molecular flexibility index (Phi) is 7.91. The number of hydrogen-bond donors (Lipinski definition) is 3. The number of ether oxygens (including phenoxy) is 1. The van der Waals surface area contributed by atoms with Gasteiger partial charge in [-0.3, -0.25) is 4.99 Å². The van der Waals surface area contributed by atoms with E-state index in [0.717, 1.165) is 13.0 Å². The lowest BCUT2D eigenvalue weighted by atomic mass is 9.86. The number of guanidine groups is 1. The van der Waals surface area contributed by atoms with Crippen molar-refractivity contribution in [2.75, 3.05) is 39.6 Å². The molecule has 0 saturated heterocycles. The average molecular weight is 377 g/mol. The van der Waals surface area contributed by atoms with Gasteiger partial charge in [0.2, 0.25) is 0 Å². The number of esters is 1. The highest BCUT2D eigenvalue weighted by Gasteiger charge is 2.22. The Bertz CT molecular complexity index is 661. The van der Waals surface area contributed by atoms with Crippen molar-refractivity contribution < 1.29 is 14.6 Å². The maximum atomic E-state index is 11.8. The summed E-state index contributed by atoms with van der Waals surface area (Å²) in [6.45, 7) is 3.70. The lowest BCUT2D eigenvalue weighted by Gasteiger charge is -2.31. The standard InChI is InChI=1S/C20H32N4O3/c1-14-7-5-6-8-16(14)22-20(21-11-12-24(2)3)23-17-13-15(19(26)27-4)9-10-18(17)25/h9-10,13-14,16,25H,5-8,11-12H2,1-4H3,(H2,21,22,23). The number of nitrogens with zero attached hydrogens (tertiary/aromatic N) is 2. The maximum absolute atomic E-state index is 11.8. The molecule has 0 spiro atoms. The number of phenolic OH excluding ortho intramolecular Hbond substituents is 1. The summed E-state index contributed by atoms with van der Waals surface area (Å²) in [7, 11) is 5.35. The third kappa shape index (κ3) is 6.43. The monoisotopic (exact) mass is 376 g/mol. The van der Waals surface area contributed by atoms with Crippen LogP contribution < -0.4 is 10.6 Å². The van der Waals surface area contributed by atoms with Crippen molar-refractivity contribution in [1.82, 2.24) is 10.2 Å². The lowest BCUT2D eigenvalue weighted by molar-refractivity contribution is 0.0601. The minimum absolute atomic E-state index is 0.0569. The quantitative estimate of drug-likeness (QED) is 0.306. The molecule has 27 heavy (non-hydrogen) atoms. The lowest BCUT2D eigenvalue weighted by Crippen LogP contribution is -2.44. The number of aliphatic imine (C=N–C) groups is 1. The van der Waals surface area contributed by atoms with Gasteiger partial charge in [0.05, 0.1) is 24.9 Å². The number of carbonyl (C=O) groups is 1. The number of carbonyl (C=O) groups excluding carboxylic acids is 1. The van der Waals surface area contributed by atoms with E-state index in [-0.39, 0.29) is 5.75 Å². The van der Waals surface area contributed by atoms with E-state index in [0.29, 0.717) is 35.7 Å². The second-order valence-corrected chi connectivity index (χ2v) is 7.39. The zero-order chi connectivity index (χ0) is 19.8. The zero-order valence-electron chi connectivity index (χ0n) is 16.8. The third-order valence-electron chi connectivity index (χ3n) is 4.92. The van der Waals surface area contributed by atoms with Gasteiger partial charge in [0.15, 0.2) is 5.96 Å². The number of nitrogens with one attached hydrogen (secondary N) is 2. The van der Waals surface area contributed by atoms with Gasteiger partial charge in [-0.25, -0.2) is 4.79 Å². The molecule has 0 heterocycles. The molecule has 150 valence electrons. The fourth-order valence-corrected chi connectivity index (χ4v) is 3.20. The van der Waals surface area contributed by atoms with E-state index < -0.39 is 5.97 Å². The van der Waals surface area contributed by atoms with Crippen LogP contribution in [0.1, 0.15) is 43.0 Å². The van der Waals surface area contributed by atoms with Crippen molar-refractivity contribution in [2.24, 2.45) is 10.9 Å². The molecular weight excluding hydrogens is 344 g/mol. The molecule has 0 radical (unpaired) electrons. The van der Waals surface area contributed by atoms with Crippen LogP contribution >= 0.6 is 0 Å². The fourth-order valence-electron chi connectivity index (χ4n) is 3.20. The summed E-state index contributed by atoms with van der Waals surface area (Å²) in [5.74, 6) is 0.793. The highest BCUT2D eigenvalue weighted by Crippen LogP contribution is 2.26. The molecule has 1 aliphatic carbocycles. The number of benzene rings is 1. The van der Waals surface area contributed by atoms with Crippen LogP contribution in [0, 0.1) is 5.92 Å². The summed E-state index contributed by atoms with van der Waals surface area (Å²) in [4.78, 5) is 18.5. The molecule has 0 aromatic heterocycles. The first-order valence-electron chi connectivity index (χ1n) is 9.54. The predicted molar refractivity (Wildman–Crippen MR) is 108 cm³/mol. The van der Waals surface area contributed by atoms with Gasteiger partial charge in [0.1, 0.15) is 5.75 Å². The average Bonchev–Trinajstić information content (AvgIpc) is 2.64. The Morgan fingerprint density at radius 2 is 2.07 bits per heavy atom. The Balaban J connectivity index is 2.18. The molecule has 1 fully saturated rings. The molecule has 0 aliphatic heterocycles. The van der Waals surface area contributed by atoms with Crippen molar-refractivity contribution in [1.29, 1.82) is 0 Å². The number of anilines is 1. The molecule has 3 N–H and O–H groups in total. The zero-order valence-corrected chi connectivity index (χ0v) is 16.8. The van der Waals surface area contributed by atoms with Crippen molar-refractivity contribution in [3.8, 4) is 5.75 Å². The van der Waals surface area contributed by atoms with Crippen LogP contribution in [-0.2, 0) is 4.74 Å². The summed E-state index contributed by atoms with van der Waals surface area (Å²) >= 11 is 0. The minimum Gasteiger partial charge on any atom is -0.506 e. The molecule has 1 aromatic carbocycles. The van der Waals surface area contributed by atoms with Crippen molar-refractivity contribution >= 4 is 17.6 Å². The largest absolute Gasteiger partial charge is 0.506 e. The third-order valence-corrected chi connectivity index (χ3v) is 4.92. The van der Waals surface area contributed by atoms with Crippen molar-refractivity contribution in [3.63, 3.8) is 0 Å².